The first kappa shape index (κ1) is 12.7. The van der Waals surface area contributed by atoms with Crippen molar-refractivity contribution in [2.45, 2.75) is 31.8 Å². The summed E-state index contributed by atoms with van der Waals surface area (Å²) in [7, 11) is 0. The highest BCUT2D eigenvalue weighted by Gasteiger charge is 2.32. The summed E-state index contributed by atoms with van der Waals surface area (Å²) >= 11 is 12.0. The molecule has 2 N–H and O–H groups in total. The number of hydrogen-bond acceptors (Lipinski definition) is 2. The highest BCUT2D eigenvalue weighted by molar-refractivity contribution is 6.35. The van der Waals surface area contributed by atoms with Gasteiger partial charge in [-0.1, -0.05) is 30.1 Å². The predicted octanol–water partition coefficient (Wildman–Crippen LogP) is 3.04. The maximum atomic E-state index is 11.3. The Bertz CT molecular complexity index is 462. The average Bonchev–Trinajstić information content (AvgIpc) is 2.26. The van der Waals surface area contributed by atoms with Crippen molar-refractivity contribution in [1.82, 2.24) is 5.32 Å². The lowest BCUT2D eigenvalue weighted by atomic mass is 9.89. The summed E-state index contributed by atoms with van der Waals surface area (Å²) in [6.07, 6.45) is 1.63. The van der Waals surface area contributed by atoms with Gasteiger partial charge in [0.15, 0.2) is 0 Å². The fourth-order valence-corrected chi connectivity index (χ4v) is 2.88. The van der Waals surface area contributed by atoms with Crippen molar-refractivity contribution in [2.75, 3.05) is 0 Å². The predicted molar refractivity (Wildman–Crippen MR) is 67.8 cm³/mol. The van der Waals surface area contributed by atoms with E-state index >= 15 is 0 Å². The molecular weight excluding hydrogens is 261 g/mol. The highest BCUT2D eigenvalue weighted by Crippen LogP contribution is 2.35. The molecule has 1 aromatic carbocycles. The van der Waals surface area contributed by atoms with Gasteiger partial charge in [-0.3, -0.25) is 10.1 Å². The fraction of sp³-hybridized carbons (Fsp3) is 0.417. The van der Waals surface area contributed by atoms with Crippen LogP contribution in [0.25, 0.3) is 0 Å². The summed E-state index contributed by atoms with van der Waals surface area (Å²) < 4.78 is 0. The maximum Gasteiger partial charge on any atom is 0.325 e. The molecule has 5 heteroatoms. The second-order valence-electron chi connectivity index (χ2n) is 4.21. The third-order valence-corrected chi connectivity index (χ3v) is 3.61. The minimum atomic E-state index is -0.909. The summed E-state index contributed by atoms with van der Waals surface area (Å²) in [4.78, 5) is 11.3. The van der Waals surface area contributed by atoms with E-state index in [1.54, 1.807) is 6.07 Å². The topological polar surface area (TPSA) is 49.3 Å². The van der Waals surface area contributed by atoms with Gasteiger partial charge in [0.05, 0.1) is 0 Å². The Morgan fingerprint density at radius 2 is 2.24 bits per heavy atom. The highest BCUT2D eigenvalue weighted by atomic mass is 35.5. The number of carboxylic acids is 1. The van der Waals surface area contributed by atoms with Gasteiger partial charge in [0, 0.05) is 21.7 Å². The van der Waals surface area contributed by atoms with Crippen LogP contribution < -0.4 is 5.32 Å². The normalized spacial score (nSPS) is 23.2. The maximum absolute atomic E-state index is 11.3. The Morgan fingerprint density at radius 3 is 2.82 bits per heavy atom. The van der Waals surface area contributed by atoms with E-state index in [1.807, 2.05) is 13.0 Å². The molecule has 1 heterocycles. The minimum Gasteiger partial charge on any atom is -0.480 e. The smallest absolute Gasteiger partial charge is 0.325 e. The lowest BCUT2D eigenvalue weighted by Gasteiger charge is -2.31. The molecule has 2 rings (SSSR count). The van der Waals surface area contributed by atoms with Crippen molar-refractivity contribution in [3.8, 4) is 0 Å². The number of benzene rings is 1. The van der Waals surface area contributed by atoms with Crippen LogP contribution in [0.3, 0.4) is 0 Å². The molecule has 2 atom stereocenters. The van der Waals surface area contributed by atoms with E-state index in [9.17, 15) is 9.90 Å². The standard InChI is InChI=1S/C12H13Cl2NO2/c1-2-8-4-6-3-7(13)5-9(14)10(6)11(15-8)12(16)17/h3,5,8,11,15H,2,4H2,1H3,(H,16,17). The van der Waals surface area contributed by atoms with Gasteiger partial charge in [-0.25, -0.2) is 0 Å². The van der Waals surface area contributed by atoms with Crippen LogP contribution in [0.4, 0.5) is 0 Å². The van der Waals surface area contributed by atoms with Crippen LogP contribution >= 0.6 is 23.2 Å². The molecule has 1 aromatic rings. The summed E-state index contributed by atoms with van der Waals surface area (Å²) in [5.74, 6) is -0.909. The van der Waals surface area contributed by atoms with Crippen molar-refractivity contribution in [1.29, 1.82) is 0 Å². The van der Waals surface area contributed by atoms with E-state index in [-0.39, 0.29) is 6.04 Å². The number of fused-ring (bicyclic) bond motifs is 1. The molecule has 0 aliphatic carbocycles. The SMILES string of the molecule is CCC1Cc2cc(Cl)cc(Cl)c2C(C(=O)O)N1. The van der Waals surface area contributed by atoms with E-state index in [1.165, 1.54) is 0 Å². The number of nitrogens with one attached hydrogen (secondary N) is 1. The molecule has 0 saturated carbocycles. The van der Waals surface area contributed by atoms with E-state index < -0.39 is 12.0 Å². The van der Waals surface area contributed by atoms with Gasteiger partial charge in [0.25, 0.3) is 0 Å². The molecule has 92 valence electrons. The third kappa shape index (κ3) is 2.41. The molecule has 2 unspecified atom stereocenters. The summed E-state index contributed by atoms with van der Waals surface area (Å²) in [5.41, 5.74) is 1.58. The minimum absolute atomic E-state index is 0.151. The molecular formula is C12H13Cl2NO2. The molecule has 0 bridgehead atoms. The fourth-order valence-electron chi connectivity index (χ4n) is 2.23. The summed E-state index contributed by atoms with van der Waals surface area (Å²) in [6.45, 7) is 2.02. The molecule has 0 aromatic heterocycles. The van der Waals surface area contributed by atoms with E-state index in [0.29, 0.717) is 15.6 Å². The Balaban J connectivity index is 2.52. The van der Waals surface area contributed by atoms with E-state index in [0.717, 1.165) is 18.4 Å². The Labute approximate surface area is 110 Å². The number of carbonyl (C=O) groups is 1. The van der Waals surface area contributed by atoms with Crippen LogP contribution in [0.2, 0.25) is 10.0 Å². The molecule has 3 nitrogen and oxygen atoms in total. The van der Waals surface area contributed by atoms with Crippen molar-refractivity contribution >= 4 is 29.2 Å². The van der Waals surface area contributed by atoms with Crippen molar-refractivity contribution < 1.29 is 9.90 Å². The quantitative estimate of drug-likeness (QED) is 0.871. The molecule has 0 saturated heterocycles. The van der Waals surface area contributed by atoms with Crippen molar-refractivity contribution in [3.63, 3.8) is 0 Å². The lowest BCUT2D eigenvalue weighted by Crippen LogP contribution is -2.42. The first-order valence-corrected chi connectivity index (χ1v) is 6.25. The van der Waals surface area contributed by atoms with Crippen LogP contribution in [0, 0.1) is 0 Å². The summed E-state index contributed by atoms with van der Waals surface area (Å²) in [5, 5.41) is 13.3. The zero-order valence-corrected chi connectivity index (χ0v) is 10.8. The van der Waals surface area contributed by atoms with Crippen LogP contribution in [0.15, 0.2) is 12.1 Å². The Morgan fingerprint density at radius 1 is 1.53 bits per heavy atom. The molecule has 0 spiro atoms. The second kappa shape index (κ2) is 4.84. The lowest BCUT2D eigenvalue weighted by molar-refractivity contribution is -0.140. The molecule has 0 amide bonds. The number of halogens is 2. The van der Waals surface area contributed by atoms with E-state index in [4.69, 9.17) is 23.2 Å². The van der Waals surface area contributed by atoms with Crippen molar-refractivity contribution in [3.05, 3.63) is 33.3 Å². The molecule has 0 fully saturated rings. The Kier molecular flexibility index (Phi) is 3.61. The van der Waals surface area contributed by atoms with Gasteiger partial charge in [-0.15, -0.1) is 0 Å². The zero-order valence-electron chi connectivity index (χ0n) is 9.34. The van der Waals surface area contributed by atoms with Gasteiger partial charge in [0.1, 0.15) is 6.04 Å². The van der Waals surface area contributed by atoms with Gasteiger partial charge >= 0.3 is 5.97 Å². The number of hydrogen-bond donors (Lipinski definition) is 2. The molecule has 0 radical (unpaired) electrons. The molecule has 17 heavy (non-hydrogen) atoms. The van der Waals surface area contributed by atoms with Crippen LogP contribution in [-0.4, -0.2) is 17.1 Å². The molecule has 1 aliphatic heterocycles. The monoisotopic (exact) mass is 273 g/mol. The second-order valence-corrected chi connectivity index (χ2v) is 5.05. The first-order chi connectivity index (χ1) is 8.02. The molecule has 1 aliphatic rings. The summed E-state index contributed by atoms with van der Waals surface area (Å²) in [6, 6.07) is 2.81. The van der Waals surface area contributed by atoms with Crippen LogP contribution in [-0.2, 0) is 11.2 Å². The zero-order chi connectivity index (χ0) is 12.6. The third-order valence-electron chi connectivity index (χ3n) is 3.08. The Hall–Kier alpha value is -0.770. The van der Waals surface area contributed by atoms with Gasteiger partial charge in [-0.2, -0.15) is 0 Å². The largest absolute Gasteiger partial charge is 0.480 e. The van der Waals surface area contributed by atoms with Crippen LogP contribution in [0.1, 0.15) is 30.5 Å². The van der Waals surface area contributed by atoms with Gasteiger partial charge < -0.3 is 5.11 Å². The number of aliphatic carboxylic acids is 1. The average molecular weight is 274 g/mol. The van der Waals surface area contributed by atoms with Gasteiger partial charge in [-0.05, 0) is 30.5 Å². The van der Waals surface area contributed by atoms with Crippen LogP contribution in [0.5, 0.6) is 0 Å². The van der Waals surface area contributed by atoms with Gasteiger partial charge in [0.2, 0.25) is 0 Å². The number of carboxylic acid groups (broad SMARTS) is 1. The van der Waals surface area contributed by atoms with E-state index in [2.05, 4.69) is 5.32 Å². The number of rotatable bonds is 2. The van der Waals surface area contributed by atoms with Crippen molar-refractivity contribution in [2.24, 2.45) is 0 Å². The first-order valence-electron chi connectivity index (χ1n) is 5.49.